The van der Waals surface area contributed by atoms with E-state index >= 15 is 0 Å². The van der Waals surface area contributed by atoms with Crippen molar-refractivity contribution in [2.24, 2.45) is 5.92 Å². The number of pyridine rings is 1. The molecule has 1 heterocycles. The average molecular weight is 347 g/mol. The Morgan fingerprint density at radius 1 is 1.12 bits per heavy atom. The summed E-state index contributed by atoms with van der Waals surface area (Å²) in [5.41, 5.74) is 1.59. The van der Waals surface area contributed by atoms with Gasteiger partial charge in [-0.05, 0) is 37.4 Å². The second-order valence-corrected chi connectivity index (χ2v) is 6.55. The molecule has 1 aromatic carbocycles. The van der Waals surface area contributed by atoms with E-state index in [4.69, 9.17) is 0 Å². The fourth-order valence-corrected chi connectivity index (χ4v) is 3.65. The SMILES string of the molecule is Cl.OC1(c2cccnc2)CCCCC1CNCCc1ccccc1. The highest BCUT2D eigenvalue weighted by Crippen LogP contribution is 2.41. The van der Waals surface area contributed by atoms with Crippen molar-refractivity contribution in [3.05, 3.63) is 66.0 Å². The first-order valence-electron chi connectivity index (χ1n) is 8.66. The predicted molar refractivity (Wildman–Crippen MR) is 100 cm³/mol. The van der Waals surface area contributed by atoms with Gasteiger partial charge in [-0.25, -0.2) is 0 Å². The molecule has 1 aliphatic rings. The molecule has 4 heteroatoms. The number of halogens is 1. The lowest BCUT2D eigenvalue weighted by molar-refractivity contribution is -0.0537. The monoisotopic (exact) mass is 346 g/mol. The van der Waals surface area contributed by atoms with Gasteiger partial charge in [0.1, 0.15) is 0 Å². The van der Waals surface area contributed by atoms with Gasteiger partial charge in [0.05, 0.1) is 5.60 Å². The maximum atomic E-state index is 11.2. The molecule has 1 saturated carbocycles. The molecule has 0 bridgehead atoms. The molecule has 1 aliphatic carbocycles. The van der Waals surface area contributed by atoms with Crippen LogP contribution >= 0.6 is 12.4 Å². The van der Waals surface area contributed by atoms with E-state index in [0.717, 1.165) is 44.3 Å². The van der Waals surface area contributed by atoms with Gasteiger partial charge in [-0.15, -0.1) is 12.4 Å². The van der Waals surface area contributed by atoms with Gasteiger partial charge < -0.3 is 10.4 Å². The van der Waals surface area contributed by atoms with Crippen molar-refractivity contribution < 1.29 is 5.11 Å². The Hall–Kier alpha value is -1.42. The van der Waals surface area contributed by atoms with Crippen molar-refractivity contribution in [3.63, 3.8) is 0 Å². The number of nitrogens with one attached hydrogen (secondary N) is 1. The summed E-state index contributed by atoms with van der Waals surface area (Å²) in [6.07, 6.45) is 8.82. The van der Waals surface area contributed by atoms with Gasteiger partial charge in [-0.2, -0.15) is 0 Å². The van der Waals surface area contributed by atoms with Gasteiger partial charge in [0.2, 0.25) is 0 Å². The number of aromatic nitrogens is 1. The first-order valence-corrected chi connectivity index (χ1v) is 8.66. The third-order valence-electron chi connectivity index (χ3n) is 5.02. The zero-order valence-electron chi connectivity index (χ0n) is 14.0. The molecular weight excluding hydrogens is 320 g/mol. The zero-order chi connectivity index (χ0) is 16.0. The van der Waals surface area contributed by atoms with E-state index in [9.17, 15) is 5.11 Å². The van der Waals surface area contributed by atoms with E-state index < -0.39 is 5.60 Å². The van der Waals surface area contributed by atoms with Crippen molar-refractivity contribution in [2.75, 3.05) is 13.1 Å². The van der Waals surface area contributed by atoms with Crippen molar-refractivity contribution in [1.29, 1.82) is 0 Å². The molecule has 130 valence electrons. The van der Waals surface area contributed by atoms with Crippen LogP contribution in [-0.4, -0.2) is 23.2 Å². The van der Waals surface area contributed by atoms with E-state index in [0.29, 0.717) is 0 Å². The van der Waals surface area contributed by atoms with Gasteiger partial charge in [0.25, 0.3) is 0 Å². The summed E-state index contributed by atoms with van der Waals surface area (Å²) in [4.78, 5) is 4.20. The Morgan fingerprint density at radius 3 is 2.71 bits per heavy atom. The number of aliphatic hydroxyl groups is 1. The molecule has 2 unspecified atom stereocenters. The van der Waals surface area contributed by atoms with E-state index in [1.807, 2.05) is 24.4 Å². The summed E-state index contributed by atoms with van der Waals surface area (Å²) in [5, 5.41) is 14.8. The molecule has 0 aliphatic heterocycles. The molecule has 3 rings (SSSR count). The highest BCUT2D eigenvalue weighted by Gasteiger charge is 2.40. The Labute approximate surface area is 150 Å². The molecular formula is C20H27ClN2O. The van der Waals surface area contributed by atoms with Crippen LogP contribution in [0.25, 0.3) is 0 Å². The van der Waals surface area contributed by atoms with Crippen LogP contribution in [0.5, 0.6) is 0 Å². The van der Waals surface area contributed by atoms with Gasteiger partial charge >= 0.3 is 0 Å². The molecule has 2 atom stereocenters. The average Bonchev–Trinajstić information content (AvgIpc) is 2.62. The van der Waals surface area contributed by atoms with Crippen molar-refractivity contribution in [2.45, 2.75) is 37.7 Å². The first kappa shape index (κ1) is 18.9. The van der Waals surface area contributed by atoms with Crippen molar-refractivity contribution in [3.8, 4) is 0 Å². The van der Waals surface area contributed by atoms with Crippen LogP contribution in [0.15, 0.2) is 54.9 Å². The van der Waals surface area contributed by atoms with Crippen molar-refractivity contribution >= 4 is 12.4 Å². The highest BCUT2D eigenvalue weighted by molar-refractivity contribution is 5.85. The second kappa shape index (κ2) is 9.16. The van der Waals surface area contributed by atoms with Gasteiger partial charge in [-0.1, -0.05) is 49.2 Å². The fraction of sp³-hybridized carbons (Fsp3) is 0.450. The molecule has 0 amide bonds. The minimum Gasteiger partial charge on any atom is -0.385 e. The topological polar surface area (TPSA) is 45.2 Å². The van der Waals surface area contributed by atoms with Gasteiger partial charge in [0.15, 0.2) is 0 Å². The fourth-order valence-electron chi connectivity index (χ4n) is 3.65. The standard InChI is InChI=1S/C20H26N2O.ClH/c23-20(19-10-6-13-21-15-19)12-5-4-9-18(20)16-22-14-11-17-7-2-1-3-8-17;/h1-3,6-8,10,13,15,18,22-23H,4-5,9,11-12,14,16H2;1H. The number of hydrogen-bond donors (Lipinski definition) is 2. The van der Waals surface area contributed by atoms with Crippen LogP contribution in [0.4, 0.5) is 0 Å². The molecule has 2 N–H and O–H groups in total. The first-order chi connectivity index (χ1) is 11.3. The maximum absolute atomic E-state index is 11.2. The Balaban J connectivity index is 0.00000208. The molecule has 0 radical (unpaired) electrons. The largest absolute Gasteiger partial charge is 0.385 e. The molecule has 3 nitrogen and oxygen atoms in total. The van der Waals surface area contributed by atoms with E-state index in [-0.39, 0.29) is 18.3 Å². The normalized spacial score (nSPS) is 23.5. The summed E-state index contributed by atoms with van der Waals surface area (Å²) < 4.78 is 0. The van der Waals surface area contributed by atoms with Crippen LogP contribution in [-0.2, 0) is 12.0 Å². The number of benzene rings is 1. The van der Waals surface area contributed by atoms with Crippen LogP contribution < -0.4 is 5.32 Å². The molecule has 1 aromatic heterocycles. The minimum absolute atomic E-state index is 0. The van der Waals surface area contributed by atoms with Crippen molar-refractivity contribution in [1.82, 2.24) is 10.3 Å². The zero-order valence-corrected chi connectivity index (χ0v) is 14.8. The summed E-state index contributed by atoms with van der Waals surface area (Å²) in [7, 11) is 0. The predicted octanol–water partition coefficient (Wildman–Crippen LogP) is 3.71. The summed E-state index contributed by atoms with van der Waals surface area (Å²) in [6.45, 7) is 1.81. The quantitative estimate of drug-likeness (QED) is 0.784. The Morgan fingerprint density at radius 2 is 1.96 bits per heavy atom. The van der Waals surface area contributed by atoms with Crippen LogP contribution in [0, 0.1) is 5.92 Å². The second-order valence-electron chi connectivity index (χ2n) is 6.55. The van der Waals surface area contributed by atoms with E-state index in [1.165, 1.54) is 12.0 Å². The van der Waals surface area contributed by atoms with Crippen LogP contribution in [0.3, 0.4) is 0 Å². The molecule has 2 aromatic rings. The maximum Gasteiger partial charge on any atom is 0.0951 e. The summed E-state index contributed by atoms with van der Waals surface area (Å²) in [5.74, 6) is 0.260. The Bertz CT molecular complexity index is 593. The summed E-state index contributed by atoms with van der Waals surface area (Å²) in [6, 6.07) is 14.5. The lowest BCUT2D eigenvalue weighted by Gasteiger charge is -2.40. The number of hydrogen-bond acceptors (Lipinski definition) is 3. The molecule has 24 heavy (non-hydrogen) atoms. The van der Waals surface area contributed by atoms with Crippen LogP contribution in [0.2, 0.25) is 0 Å². The summed E-state index contributed by atoms with van der Waals surface area (Å²) >= 11 is 0. The lowest BCUT2D eigenvalue weighted by Crippen LogP contribution is -2.43. The van der Waals surface area contributed by atoms with Gasteiger partial charge in [-0.3, -0.25) is 4.98 Å². The number of rotatable bonds is 6. The molecule has 0 saturated heterocycles. The Kier molecular flexibility index (Phi) is 7.22. The third-order valence-corrected chi connectivity index (χ3v) is 5.02. The highest BCUT2D eigenvalue weighted by atomic mass is 35.5. The van der Waals surface area contributed by atoms with Crippen LogP contribution in [0.1, 0.15) is 36.8 Å². The van der Waals surface area contributed by atoms with E-state index in [1.54, 1.807) is 6.20 Å². The minimum atomic E-state index is -0.730. The molecule has 0 spiro atoms. The lowest BCUT2D eigenvalue weighted by atomic mass is 9.72. The van der Waals surface area contributed by atoms with Gasteiger partial charge in [0, 0.05) is 30.4 Å². The molecule has 1 fully saturated rings. The third kappa shape index (κ3) is 4.56. The smallest absolute Gasteiger partial charge is 0.0951 e. The van der Waals surface area contributed by atoms with E-state index in [2.05, 4.69) is 34.6 Å². The number of nitrogens with zero attached hydrogens (tertiary/aromatic N) is 1.